The fraction of sp³-hybridized carbons (Fsp3) is 0.739. The van der Waals surface area contributed by atoms with E-state index in [1.165, 1.54) is 19.3 Å². The third-order valence-corrected chi connectivity index (χ3v) is 4.15. The second-order valence-corrected chi connectivity index (χ2v) is 9.56. The first-order valence-corrected chi connectivity index (χ1v) is 10.9. The third kappa shape index (κ3) is 14.0. The van der Waals surface area contributed by atoms with Gasteiger partial charge in [-0.25, -0.2) is 0 Å². The van der Waals surface area contributed by atoms with Gasteiger partial charge in [-0.3, -0.25) is 19.6 Å². The monoisotopic (exact) mass is 421 g/mol. The van der Waals surface area contributed by atoms with Gasteiger partial charge in [0.05, 0.1) is 12.1 Å². The zero-order chi connectivity index (χ0) is 22.6. The normalized spacial score (nSPS) is 16.8. The van der Waals surface area contributed by atoms with Crippen molar-refractivity contribution in [1.82, 2.24) is 15.3 Å². The molecule has 30 heavy (non-hydrogen) atoms. The number of esters is 2. The zero-order valence-corrected chi connectivity index (χ0v) is 19.5. The number of ether oxygens (including phenoxy) is 2. The van der Waals surface area contributed by atoms with Crippen LogP contribution in [0.2, 0.25) is 0 Å². The van der Waals surface area contributed by atoms with Crippen molar-refractivity contribution in [2.45, 2.75) is 104 Å². The van der Waals surface area contributed by atoms with E-state index in [0.29, 0.717) is 25.3 Å². The predicted octanol–water partition coefficient (Wildman–Crippen LogP) is 4.00. The van der Waals surface area contributed by atoms with Gasteiger partial charge in [0.15, 0.2) is 0 Å². The summed E-state index contributed by atoms with van der Waals surface area (Å²) < 4.78 is 10.4. The van der Waals surface area contributed by atoms with Gasteiger partial charge in [-0.15, -0.1) is 0 Å². The molecule has 0 amide bonds. The van der Waals surface area contributed by atoms with Gasteiger partial charge < -0.3 is 14.8 Å². The Hall–Kier alpha value is -2.02. The summed E-state index contributed by atoms with van der Waals surface area (Å²) in [6.45, 7) is 12.4. The molecule has 0 bridgehead atoms. The van der Waals surface area contributed by atoms with Gasteiger partial charge in [0, 0.05) is 37.5 Å². The predicted molar refractivity (Wildman–Crippen MR) is 117 cm³/mol. The number of nitrogens with one attached hydrogen (secondary N) is 1. The molecular formula is C23H39N3O4. The van der Waals surface area contributed by atoms with Crippen LogP contribution in [-0.4, -0.2) is 45.7 Å². The van der Waals surface area contributed by atoms with Crippen molar-refractivity contribution in [2.75, 3.05) is 6.54 Å². The van der Waals surface area contributed by atoms with Crippen molar-refractivity contribution < 1.29 is 19.1 Å². The molecule has 1 aliphatic heterocycles. The van der Waals surface area contributed by atoms with Crippen LogP contribution in [0.25, 0.3) is 0 Å². The molecule has 2 heterocycles. The Morgan fingerprint density at radius 2 is 1.63 bits per heavy atom. The van der Waals surface area contributed by atoms with E-state index in [1.807, 2.05) is 41.5 Å². The van der Waals surface area contributed by atoms with Gasteiger partial charge in [-0.2, -0.15) is 0 Å². The third-order valence-electron chi connectivity index (χ3n) is 4.15. The Bertz CT molecular complexity index is 630. The van der Waals surface area contributed by atoms with Crippen LogP contribution in [0.5, 0.6) is 0 Å². The molecule has 0 aromatic carbocycles. The summed E-state index contributed by atoms with van der Waals surface area (Å²) in [6, 6.07) is 0.520. The number of rotatable bonds is 6. The largest absolute Gasteiger partial charge is 0.460 e. The minimum atomic E-state index is -0.417. The summed E-state index contributed by atoms with van der Waals surface area (Å²) in [4.78, 5) is 30.8. The molecule has 7 heteroatoms. The van der Waals surface area contributed by atoms with E-state index in [0.717, 1.165) is 18.7 Å². The van der Waals surface area contributed by atoms with Gasteiger partial charge in [0.2, 0.25) is 0 Å². The Kier molecular flexibility index (Phi) is 10.9. The first-order valence-electron chi connectivity index (χ1n) is 10.9. The smallest absolute Gasteiger partial charge is 0.306 e. The van der Waals surface area contributed by atoms with E-state index in [2.05, 4.69) is 15.3 Å². The minimum absolute atomic E-state index is 0.0742. The molecule has 1 aromatic heterocycles. The molecule has 1 N–H and O–H groups in total. The van der Waals surface area contributed by atoms with Crippen molar-refractivity contribution >= 4 is 11.9 Å². The molecule has 0 radical (unpaired) electrons. The van der Waals surface area contributed by atoms with Crippen LogP contribution in [0.3, 0.4) is 0 Å². The fourth-order valence-corrected chi connectivity index (χ4v) is 2.94. The van der Waals surface area contributed by atoms with Gasteiger partial charge in [0.25, 0.3) is 0 Å². The van der Waals surface area contributed by atoms with Crippen LogP contribution < -0.4 is 5.32 Å². The number of aromatic nitrogens is 2. The van der Waals surface area contributed by atoms with E-state index in [9.17, 15) is 9.59 Å². The standard InChI is InChI=1S/C12H23NO2.C11H16N2O2/c1-12(2,3)15-11(14)8-7-10-6-4-5-9-13-10;1-11(2,3)15-10(14)5-4-9-8-12-6-7-13-9/h10,13H,4-9H2,1-3H3;6-8H,4-5H2,1-3H3. The van der Waals surface area contributed by atoms with Crippen molar-refractivity contribution in [2.24, 2.45) is 0 Å². The molecule has 1 unspecified atom stereocenters. The lowest BCUT2D eigenvalue weighted by Gasteiger charge is -2.24. The highest BCUT2D eigenvalue weighted by Gasteiger charge is 2.19. The van der Waals surface area contributed by atoms with E-state index < -0.39 is 5.60 Å². The topological polar surface area (TPSA) is 90.4 Å². The number of aryl methyl sites for hydroxylation is 1. The SMILES string of the molecule is CC(C)(C)OC(=O)CCC1CCCCN1.CC(C)(C)OC(=O)CCc1cnccn1. The Morgan fingerprint density at radius 3 is 2.13 bits per heavy atom. The van der Waals surface area contributed by atoms with E-state index in [4.69, 9.17) is 9.47 Å². The number of hydrogen-bond donors (Lipinski definition) is 1. The van der Waals surface area contributed by atoms with Gasteiger partial charge >= 0.3 is 11.9 Å². The highest BCUT2D eigenvalue weighted by atomic mass is 16.6. The maximum Gasteiger partial charge on any atom is 0.306 e. The maximum atomic E-state index is 11.5. The van der Waals surface area contributed by atoms with Crippen LogP contribution in [0.15, 0.2) is 18.6 Å². The number of hydrogen-bond acceptors (Lipinski definition) is 7. The lowest BCUT2D eigenvalue weighted by atomic mass is 10.0. The molecule has 1 aliphatic rings. The summed E-state index contributed by atoms with van der Waals surface area (Å²) >= 11 is 0. The fourth-order valence-electron chi connectivity index (χ4n) is 2.94. The summed E-state index contributed by atoms with van der Waals surface area (Å²) in [5, 5.41) is 3.43. The van der Waals surface area contributed by atoms with E-state index in [1.54, 1.807) is 18.6 Å². The zero-order valence-electron chi connectivity index (χ0n) is 19.5. The van der Waals surface area contributed by atoms with Crippen molar-refractivity contribution in [1.29, 1.82) is 0 Å². The van der Waals surface area contributed by atoms with Crippen LogP contribution in [0.1, 0.15) is 85.8 Å². The highest BCUT2D eigenvalue weighted by Crippen LogP contribution is 2.14. The van der Waals surface area contributed by atoms with Crippen LogP contribution in [0.4, 0.5) is 0 Å². The molecule has 170 valence electrons. The molecule has 0 spiro atoms. The number of piperidine rings is 1. The first kappa shape index (κ1) is 26.0. The number of carbonyl (C=O) groups is 2. The molecule has 7 nitrogen and oxygen atoms in total. The van der Waals surface area contributed by atoms with Gasteiger partial charge in [-0.1, -0.05) is 6.42 Å². The Balaban J connectivity index is 0.000000300. The van der Waals surface area contributed by atoms with Gasteiger partial charge in [0.1, 0.15) is 11.2 Å². The van der Waals surface area contributed by atoms with Crippen LogP contribution >= 0.6 is 0 Å². The molecule has 0 saturated carbocycles. The molecule has 2 rings (SSSR count). The molecule has 0 aliphatic carbocycles. The molecule has 1 atom stereocenters. The summed E-state index contributed by atoms with van der Waals surface area (Å²) in [5.41, 5.74) is 0.0413. The molecule has 1 saturated heterocycles. The average molecular weight is 422 g/mol. The molecule has 1 fully saturated rings. The van der Waals surface area contributed by atoms with Crippen LogP contribution in [0, 0.1) is 0 Å². The second-order valence-electron chi connectivity index (χ2n) is 9.56. The molecule has 1 aromatic rings. The van der Waals surface area contributed by atoms with Crippen molar-refractivity contribution in [3.05, 3.63) is 24.3 Å². The second kappa shape index (κ2) is 12.6. The van der Waals surface area contributed by atoms with Gasteiger partial charge in [-0.05, 0) is 67.3 Å². The molecular weight excluding hydrogens is 382 g/mol. The van der Waals surface area contributed by atoms with E-state index in [-0.39, 0.29) is 17.5 Å². The lowest BCUT2D eigenvalue weighted by Crippen LogP contribution is -2.34. The Labute approximate surface area is 181 Å². The van der Waals surface area contributed by atoms with E-state index >= 15 is 0 Å². The summed E-state index contributed by atoms with van der Waals surface area (Å²) in [5.74, 6) is -0.275. The Morgan fingerprint density at radius 1 is 1.00 bits per heavy atom. The minimum Gasteiger partial charge on any atom is -0.460 e. The van der Waals surface area contributed by atoms with Crippen LogP contribution in [-0.2, 0) is 25.5 Å². The quantitative estimate of drug-likeness (QED) is 0.694. The first-order chi connectivity index (χ1) is 13.9. The summed E-state index contributed by atoms with van der Waals surface area (Å²) in [7, 11) is 0. The highest BCUT2D eigenvalue weighted by molar-refractivity contribution is 5.70. The van der Waals surface area contributed by atoms with Crippen molar-refractivity contribution in [3.8, 4) is 0 Å². The maximum absolute atomic E-state index is 11.5. The number of nitrogens with zero attached hydrogens (tertiary/aromatic N) is 2. The number of carbonyl (C=O) groups excluding carboxylic acids is 2. The average Bonchev–Trinajstić information content (AvgIpc) is 2.64. The lowest BCUT2D eigenvalue weighted by molar-refractivity contribution is -0.156. The van der Waals surface area contributed by atoms with Crippen molar-refractivity contribution in [3.63, 3.8) is 0 Å². The summed E-state index contributed by atoms with van der Waals surface area (Å²) in [6.07, 6.45) is 11.0.